The zero-order chi connectivity index (χ0) is 84.5. The van der Waals surface area contributed by atoms with Crippen LogP contribution in [0, 0.1) is 23.7 Å². The number of imidazole rings is 2. The van der Waals surface area contributed by atoms with Gasteiger partial charge in [0.25, 0.3) is 0 Å². The van der Waals surface area contributed by atoms with Gasteiger partial charge in [-0.2, -0.15) is 0 Å². The predicted molar refractivity (Wildman–Crippen MR) is 464 cm³/mol. The van der Waals surface area contributed by atoms with E-state index >= 15 is 0 Å². The first-order valence-corrected chi connectivity index (χ1v) is 41.9. The number of rotatable bonds is 20. The Balaban J connectivity index is 0.000000187. The highest BCUT2D eigenvalue weighted by Gasteiger charge is 2.43. The molecule has 26 nitrogen and oxygen atoms in total. The maximum absolute atomic E-state index is 13.7. The molecule has 6 N–H and O–H groups in total. The number of benzene rings is 8. The van der Waals surface area contributed by atoms with E-state index in [1.54, 1.807) is 0 Å². The first kappa shape index (κ1) is 82.6. The van der Waals surface area contributed by atoms with E-state index in [0.29, 0.717) is 39.0 Å². The van der Waals surface area contributed by atoms with Crippen LogP contribution in [0.2, 0.25) is 0 Å². The number of carbonyl (C=O) groups excluding carboxylic acids is 8. The minimum atomic E-state index is -0.689. The lowest BCUT2D eigenvalue weighted by atomic mass is 9.95. The minimum absolute atomic E-state index is 0.0878. The van der Waals surface area contributed by atoms with Crippen LogP contribution in [-0.4, -0.2) is 190 Å². The Bertz CT molecular complexity index is 5360. The molecule has 26 heteroatoms. The number of methoxy groups -OCH3 is 4. The molecule has 8 atom stereocenters. The largest absolute Gasteiger partial charge is 0.453 e. The molecular weight excluding hydrogens is 1520 g/mol. The van der Waals surface area contributed by atoms with Crippen LogP contribution in [0.25, 0.3) is 88.1 Å². The summed E-state index contributed by atoms with van der Waals surface area (Å²) in [4.78, 5) is 137. The van der Waals surface area contributed by atoms with Crippen LogP contribution >= 0.6 is 0 Å². The van der Waals surface area contributed by atoms with Crippen molar-refractivity contribution >= 4 is 114 Å². The fraction of sp³-hybridized carbons (Fsp3) is 0.404. The van der Waals surface area contributed by atoms with Gasteiger partial charge in [-0.3, -0.25) is 29.2 Å². The van der Waals surface area contributed by atoms with E-state index in [4.69, 9.17) is 38.9 Å². The summed E-state index contributed by atoms with van der Waals surface area (Å²) in [5.41, 5.74) is 18.4. The second-order valence-corrected chi connectivity index (χ2v) is 33.7. The highest BCUT2D eigenvalue weighted by Crippen LogP contribution is 2.42. The summed E-state index contributed by atoms with van der Waals surface area (Å²) >= 11 is 0. The number of hydrogen-bond donors (Lipinski definition) is 6. The van der Waals surface area contributed by atoms with Gasteiger partial charge in [-0.1, -0.05) is 128 Å². The van der Waals surface area contributed by atoms with Crippen molar-refractivity contribution in [2.45, 2.75) is 168 Å². The molecule has 16 rings (SSSR count). The predicted octanol–water partition coefficient (Wildman–Crippen LogP) is 16.2. The molecule has 2 aromatic heterocycles. The number of ether oxygens (including phenoxy) is 4. The fourth-order valence-corrected chi connectivity index (χ4v) is 18.0. The lowest BCUT2D eigenvalue weighted by molar-refractivity contribution is -0.136. The van der Waals surface area contributed by atoms with Gasteiger partial charge in [0.2, 0.25) is 23.6 Å². The molecule has 0 spiro atoms. The Morgan fingerprint density at radius 3 is 0.892 bits per heavy atom. The molecule has 120 heavy (non-hydrogen) atoms. The third kappa shape index (κ3) is 17.1. The van der Waals surface area contributed by atoms with E-state index in [2.05, 4.69) is 165 Å². The van der Waals surface area contributed by atoms with Crippen LogP contribution in [0.1, 0.15) is 142 Å². The van der Waals surface area contributed by atoms with E-state index in [0.717, 1.165) is 185 Å². The number of nitrogens with zero attached hydrogens (tertiary/aromatic N) is 8. The van der Waals surface area contributed by atoms with Crippen molar-refractivity contribution in [3.8, 4) is 44.5 Å². The van der Waals surface area contributed by atoms with Crippen molar-refractivity contribution in [3.63, 3.8) is 0 Å². The second-order valence-electron chi connectivity index (χ2n) is 33.7. The smallest absolute Gasteiger partial charge is 0.407 e. The standard InChI is InChI=1S/2C47H53N7O6/c2*1-26(2)41(51-46(57)59-5)44(55)53-19-7-9-39(53)38-25-34-23-32(15-17-35(34)48-38)30-12-11-29-22-31(14-13-28(29)21-30)33-16-18-36-37(24-33)50-43(49-36)40-10-8-20-54(40)45(56)42(27(3)4)52-47(58)60-6/h2*11-18,21-24,26-27,39-42H,7-10,19-20,25H2,1-6H3,(H,49,50)(H,51,57)(H,52,58)/t39-,40+,41-,42-;39-,40-,41-,42-/m00/s1. The number of nitrogens with one attached hydrogen (secondary N) is 6. The molecule has 6 aliphatic rings. The van der Waals surface area contributed by atoms with E-state index in [9.17, 15) is 38.4 Å². The first-order chi connectivity index (χ1) is 57.8. The molecule has 4 fully saturated rings. The molecule has 624 valence electrons. The Morgan fingerprint density at radius 2 is 0.600 bits per heavy atom. The number of carbonyl (C=O) groups is 8. The molecule has 0 bridgehead atoms. The van der Waals surface area contributed by atoms with Crippen molar-refractivity contribution < 1.29 is 57.3 Å². The Morgan fingerprint density at radius 1 is 0.342 bits per heavy atom. The van der Waals surface area contributed by atoms with Crippen molar-refractivity contribution in [2.75, 3.05) is 54.6 Å². The maximum atomic E-state index is 13.7. The van der Waals surface area contributed by atoms with Gasteiger partial charge in [0, 0.05) is 50.4 Å². The highest BCUT2D eigenvalue weighted by molar-refractivity contribution is 6.04. The molecule has 0 saturated carbocycles. The van der Waals surface area contributed by atoms with Crippen molar-refractivity contribution in [3.05, 3.63) is 168 Å². The van der Waals surface area contributed by atoms with Crippen LogP contribution in [0.5, 0.6) is 0 Å². The Kier molecular flexibility index (Phi) is 24.2. The zero-order valence-corrected chi connectivity index (χ0v) is 70.2. The topological polar surface area (TPSA) is 317 Å². The number of aromatic amines is 2. The van der Waals surface area contributed by atoms with Gasteiger partial charge in [0.05, 0.1) is 86.0 Å². The number of hydrogen-bond acceptors (Lipinski definition) is 16. The monoisotopic (exact) mass is 1620 g/mol. The normalized spacial score (nSPS) is 18.5. The van der Waals surface area contributed by atoms with Crippen LogP contribution in [0.3, 0.4) is 0 Å². The van der Waals surface area contributed by atoms with Crippen molar-refractivity contribution in [1.82, 2.24) is 60.8 Å². The average Bonchev–Trinajstić information content (AvgIpc) is 1.12. The summed E-state index contributed by atoms with van der Waals surface area (Å²) in [5.74, 6) is 0.645. The van der Waals surface area contributed by atoms with Crippen molar-refractivity contribution in [2.24, 2.45) is 33.7 Å². The van der Waals surface area contributed by atoms with Gasteiger partial charge in [-0.05, 0) is 225 Å². The summed E-state index contributed by atoms with van der Waals surface area (Å²) < 4.78 is 19.2. The Hall–Kier alpha value is -12.5. The average molecular weight is 1620 g/mol. The van der Waals surface area contributed by atoms with Crippen LogP contribution in [-0.2, 0) is 51.0 Å². The van der Waals surface area contributed by atoms with Gasteiger partial charge in [-0.15, -0.1) is 0 Å². The summed E-state index contributed by atoms with van der Waals surface area (Å²) in [5, 5.41) is 15.4. The molecule has 8 amide bonds. The molecule has 8 heterocycles. The summed E-state index contributed by atoms with van der Waals surface area (Å²) in [6.07, 6.45) is 5.64. The second kappa shape index (κ2) is 35.2. The number of amides is 8. The first-order valence-electron chi connectivity index (χ1n) is 41.9. The molecule has 0 radical (unpaired) electrons. The van der Waals surface area contributed by atoms with Gasteiger partial charge in [0.1, 0.15) is 35.8 Å². The quantitative estimate of drug-likeness (QED) is 0.0387. The molecule has 8 aromatic carbocycles. The number of alkyl carbamates (subject to hydrolysis) is 4. The molecule has 0 unspecified atom stereocenters. The number of aliphatic imine (C=N–C) groups is 2. The number of fused-ring (bicyclic) bond motifs is 6. The third-order valence-corrected chi connectivity index (χ3v) is 24.6. The minimum Gasteiger partial charge on any atom is -0.453 e. The lowest BCUT2D eigenvalue weighted by Gasteiger charge is -2.30. The van der Waals surface area contributed by atoms with Crippen LogP contribution in [0.4, 0.5) is 30.6 Å². The SMILES string of the molecule is COC(=O)N[C@H](C(=O)N1CCC[C@@H]1c1nc2ccc(-c3ccc4cc(-c5ccc6c(c5)CC([C@@H]5CCCN5C(=O)[C@@H](NC(=O)OC)C(C)C)=N6)ccc4c3)cc2[nH]1)C(C)C.COC(=O)N[C@H](C(=O)N1CCC[C@H]1C1=Nc2ccc(-c3ccc4cc(-c5ccc6nc([C@@H]7CCCN7C(=O)[C@@H](NC(=O)OC)C(C)C)[nH]c6c5)ccc4c3)cc2C1)C(C)C. The van der Waals surface area contributed by atoms with Crippen molar-refractivity contribution in [1.29, 1.82) is 0 Å². The molecule has 4 saturated heterocycles. The number of aromatic nitrogens is 4. The number of H-pyrrole nitrogens is 2. The maximum Gasteiger partial charge on any atom is 0.407 e. The van der Waals surface area contributed by atoms with E-state index in [1.165, 1.54) is 28.4 Å². The van der Waals surface area contributed by atoms with Crippen LogP contribution < -0.4 is 21.3 Å². The van der Waals surface area contributed by atoms with E-state index in [1.807, 2.05) is 87.1 Å². The van der Waals surface area contributed by atoms with Crippen LogP contribution in [0.15, 0.2) is 156 Å². The molecule has 0 aliphatic carbocycles. The van der Waals surface area contributed by atoms with E-state index < -0.39 is 48.5 Å². The van der Waals surface area contributed by atoms with Gasteiger partial charge >= 0.3 is 24.4 Å². The highest BCUT2D eigenvalue weighted by atomic mass is 16.5. The van der Waals surface area contributed by atoms with E-state index in [-0.39, 0.29) is 71.5 Å². The third-order valence-electron chi connectivity index (χ3n) is 24.6. The Labute approximate surface area is 698 Å². The fourth-order valence-electron chi connectivity index (χ4n) is 18.0. The van der Waals surface area contributed by atoms with Gasteiger partial charge in [0.15, 0.2) is 0 Å². The zero-order valence-electron chi connectivity index (χ0n) is 70.2. The molecule has 6 aliphatic heterocycles. The number of likely N-dealkylation sites (tertiary alicyclic amines) is 4. The summed E-state index contributed by atoms with van der Waals surface area (Å²) in [6.45, 7) is 17.8. The molecular formula is C94H106N14O12. The van der Waals surface area contributed by atoms with Gasteiger partial charge < -0.3 is 69.8 Å². The summed E-state index contributed by atoms with van der Waals surface area (Å²) in [7, 11) is 5.20. The summed E-state index contributed by atoms with van der Waals surface area (Å²) in [6, 6.07) is 48.0. The lowest BCUT2D eigenvalue weighted by Crippen LogP contribution is -2.53. The molecule has 10 aromatic rings. The van der Waals surface area contributed by atoms with Gasteiger partial charge in [-0.25, -0.2) is 29.1 Å².